The normalized spacial score (nSPS) is 14.1. The van der Waals surface area contributed by atoms with Crippen LogP contribution in [-0.4, -0.2) is 32.0 Å². The van der Waals surface area contributed by atoms with Gasteiger partial charge in [0.1, 0.15) is 0 Å². The number of nitrogens with one attached hydrogen (secondary N) is 1. The van der Waals surface area contributed by atoms with Crippen LogP contribution in [0.25, 0.3) is 0 Å². The number of unbranched alkanes of at least 4 members (excludes halogenated alkanes) is 1. The molecule has 2 nitrogen and oxygen atoms in total. The standard InChI is InChI=1S/C11H22F3NO/c1-3-5-7-16-8-6-10(15-4-2)9-11(12,13)14/h10,15H,3-9H2,1-2H3. The molecule has 1 N–H and O–H groups in total. The zero-order valence-electron chi connectivity index (χ0n) is 10.1. The Balaban J connectivity index is 3.68. The second-order valence-electron chi connectivity index (χ2n) is 3.83. The van der Waals surface area contributed by atoms with Crippen molar-refractivity contribution in [3.05, 3.63) is 0 Å². The largest absolute Gasteiger partial charge is 0.390 e. The minimum Gasteiger partial charge on any atom is -0.381 e. The van der Waals surface area contributed by atoms with E-state index in [2.05, 4.69) is 12.2 Å². The fourth-order valence-electron chi connectivity index (χ4n) is 1.42. The number of rotatable bonds is 9. The summed E-state index contributed by atoms with van der Waals surface area (Å²) in [5, 5.41) is 2.83. The maximum Gasteiger partial charge on any atom is 0.390 e. The molecule has 0 heterocycles. The van der Waals surface area contributed by atoms with E-state index < -0.39 is 18.6 Å². The Kier molecular flexibility index (Phi) is 8.66. The van der Waals surface area contributed by atoms with Gasteiger partial charge in [0, 0.05) is 19.3 Å². The Hall–Kier alpha value is -0.290. The van der Waals surface area contributed by atoms with Crippen LogP contribution in [0.3, 0.4) is 0 Å². The zero-order valence-corrected chi connectivity index (χ0v) is 10.1. The third-order valence-corrected chi connectivity index (χ3v) is 2.22. The van der Waals surface area contributed by atoms with E-state index in [4.69, 9.17) is 4.74 Å². The summed E-state index contributed by atoms with van der Waals surface area (Å²) < 4.78 is 41.8. The van der Waals surface area contributed by atoms with Crippen molar-refractivity contribution in [2.45, 2.75) is 51.7 Å². The van der Waals surface area contributed by atoms with Gasteiger partial charge in [0.15, 0.2) is 0 Å². The van der Waals surface area contributed by atoms with Crippen LogP contribution in [0.15, 0.2) is 0 Å². The van der Waals surface area contributed by atoms with Gasteiger partial charge < -0.3 is 10.1 Å². The van der Waals surface area contributed by atoms with Crippen molar-refractivity contribution in [2.24, 2.45) is 0 Å². The zero-order chi connectivity index (χ0) is 12.4. The molecule has 0 saturated heterocycles. The van der Waals surface area contributed by atoms with E-state index in [1.807, 2.05) is 0 Å². The molecule has 0 aromatic heterocycles. The molecular formula is C11H22F3NO. The maximum atomic E-state index is 12.2. The first-order valence-electron chi connectivity index (χ1n) is 5.87. The fraction of sp³-hybridized carbons (Fsp3) is 1.00. The predicted octanol–water partition coefficient (Wildman–Crippen LogP) is 3.12. The lowest BCUT2D eigenvalue weighted by Crippen LogP contribution is -2.34. The molecule has 0 saturated carbocycles. The quantitative estimate of drug-likeness (QED) is 0.626. The third-order valence-electron chi connectivity index (χ3n) is 2.22. The second kappa shape index (κ2) is 8.82. The van der Waals surface area contributed by atoms with Gasteiger partial charge in [0.2, 0.25) is 0 Å². The molecule has 98 valence electrons. The molecule has 16 heavy (non-hydrogen) atoms. The van der Waals surface area contributed by atoms with Gasteiger partial charge in [0.05, 0.1) is 6.42 Å². The van der Waals surface area contributed by atoms with Crippen molar-refractivity contribution in [1.82, 2.24) is 5.32 Å². The molecule has 0 rings (SSSR count). The highest BCUT2D eigenvalue weighted by Gasteiger charge is 2.31. The monoisotopic (exact) mass is 241 g/mol. The first-order chi connectivity index (χ1) is 7.49. The van der Waals surface area contributed by atoms with Crippen LogP contribution in [0.4, 0.5) is 13.2 Å². The lowest BCUT2D eigenvalue weighted by molar-refractivity contribution is -0.140. The van der Waals surface area contributed by atoms with Crippen molar-refractivity contribution >= 4 is 0 Å². The smallest absolute Gasteiger partial charge is 0.381 e. The van der Waals surface area contributed by atoms with Gasteiger partial charge in [-0.3, -0.25) is 0 Å². The molecule has 1 atom stereocenters. The second-order valence-corrected chi connectivity index (χ2v) is 3.83. The van der Waals surface area contributed by atoms with Gasteiger partial charge in [-0.05, 0) is 19.4 Å². The molecule has 0 spiro atoms. The summed E-state index contributed by atoms with van der Waals surface area (Å²) in [5.74, 6) is 0. The van der Waals surface area contributed by atoms with Gasteiger partial charge in [-0.25, -0.2) is 0 Å². The van der Waals surface area contributed by atoms with Crippen molar-refractivity contribution < 1.29 is 17.9 Å². The minimum atomic E-state index is -4.10. The van der Waals surface area contributed by atoms with Crippen molar-refractivity contribution in [3.8, 4) is 0 Å². The maximum absolute atomic E-state index is 12.2. The molecule has 0 aliphatic rings. The van der Waals surface area contributed by atoms with Crippen molar-refractivity contribution in [1.29, 1.82) is 0 Å². The van der Waals surface area contributed by atoms with E-state index in [1.165, 1.54) is 0 Å². The topological polar surface area (TPSA) is 21.3 Å². The Labute approximate surface area is 95.5 Å². The number of hydrogen-bond acceptors (Lipinski definition) is 2. The van der Waals surface area contributed by atoms with Crippen LogP contribution in [0.5, 0.6) is 0 Å². The molecule has 1 unspecified atom stereocenters. The Morgan fingerprint density at radius 2 is 1.88 bits per heavy atom. The lowest BCUT2D eigenvalue weighted by atomic mass is 10.1. The van der Waals surface area contributed by atoms with Gasteiger partial charge in [-0.2, -0.15) is 13.2 Å². The average Bonchev–Trinajstić information content (AvgIpc) is 2.15. The summed E-state index contributed by atoms with van der Waals surface area (Å²) in [6.07, 6.45) is -2.46. The first-order valence-corrected chi connectivity index (χ1v) is 5.87. The van der Waals surface area contributed by atoms with E-state index >= 15 is 0 Å². The van der Waals surface area contributed by atoms with E-state index in [0.29, 0.717) is 26.2 Å². The third kappa shape index (κ3) is 10.2. The van der Waals surface area contributed by atoms with Crippen LogP contribution < -0.4 is 5.32 Å². The van der Waals surface area contributed by atoms with Gasteiger partial charge in [0.25, 0.3) is 0 Å². The Bertz CT molecular complexity index is 162. The molecular weight excluding hydrogens is 219 g/mol. The molecule has 0 aromatic rings. The van der Waals surface area contributed by atoms with Gasteiger partial charge in [-0.1, -0.05) is 20.3 Å². The fourth-order valence-corrected chi connectivity index (χ4v) is 1.42. The van der Waals surface area contributed by atoms with Crippen molar-refractivity contribution in [3.63, 3.8) is 0 Å². The highest BCUT2D eigenvalue weighted by atomic mass is 19.4. The summed E-state index contributed by atoms with van der Waals surface area (Å²) in [4.78, 5) is 0. The molecule has 0 fully saturated rings. The van der Waals surface area contributed by atoms with Crippen LogP contribution in [0.2, 0.25) is 0 Å². The summed E-state index contributed by atoms with van der Waals surface area (Å²) >= 11 is 0. The van der Waals surface area contributed by atoms with Crippen LogP contribution >= 0.6 is 0 Å². The number of halogens is 3. The highest BCUT2D eigenvalue weighted by Crippen LogP contribution is 2.22. The highest BCUT2D eigenvalue weighted by molar-refractivity contribution is 4.70. The first kappa shape index (κ1) is 15.7. The Morgan fingerprint density at radius 3 is 2.38 bits per heavy atom. The molecule has 5 heteroatoms. The predicted molar refractivity (Wildman–Crippen MR) is 58.5 cm³/mol. The number of alkyl halides is 3. The van der Waals surface area contributed by atoms with Crippen LogP contribution in [-0.2, 0) is 4.74 Å². The van der Waals surface area contributed by atoms with E-state index in [-0.39, 0.29) is 0 Å². The minimum absolute atomic E-state index is 0.397. The summed E-state index contributed by atoms with van der Waals surface area (Å²) in [7, 11) is 0. The average molecular weight is 241 g/mol. The number of hydrogen-bond donors (Lipinski definition) is 1. The Morgan fingerprint density at radius 1 is 1.19 bits per heavy atom. The molecule has 0 amide bonds. The molecule has 0 radical (unpaired) electrons. The van der Waals surface area contributed by atoms with Gasteiger partial charge in [-0.15, -0.1) is 0 Å². The lowest BCUT2D eigenvalue weighted by Gasteiger charge is -2.19. The van der Waals surface area contributed by atoms with Crippen molar-refractivity contribution in [2.75, 3.05) is 19.8 Å². The molecule has 0 aliphatic heterocycles. The van der Waals surface area contributed by atoms with Gasteiger partial charge >= 0.3 is 6.18 Å². The summed E-state index contributed by atoms with van der Waals surface area (Å²) in [6, 6.07) is -0.522. The molecule has 0 aliphatic carbocycles. The SMILES string of the molecule is CCCCOCCC(CC(F)(F)F)NCC. The van der Waals surface area contributed by atoms with E-state index in [0.717, 1.165) is 12.8 Å². The summed E-state index contributed by atoms with van der Waals surface area (Å²) in [5.41, 5.74) is 0. The van der Waals surface area contributed by atoms with Crippen LogP contribution in [0.1, 0.15) is 39.5 Å². The number of ether oxygens (including phenoxy) is 1. The van der Waals surface area contributed by atoms with Crippen LogP contribution in [0, 0.1) is 0 Å². The molecule has 0 bridgehead atoms. The van der Waals surface area contributed by atoms with E-state index in [9.17, 15) is 13.2 Å². The summed E-state index contributed by atoms with van der Waals surface area (Å²) in [6.45, 7) is 5.45. The molecule has 0 aromatic carbocycles. The van der Waals surface area contributed by atoms with E-state index in [1.54, 1.807) is 6.92 Å².